The molecule has 0 aliphatic carbocycles. The summed E-state index contributed by atoms with van der Waals surface area (Å²) >= 11 is 0. The monoisotopic (exact) mass is 317 g/mol. The highest BCUT2D eigenvalue weighted by molar-refractivity contribution is 7.89. The predicted octanol–water partition coefficient (Wildman–Crippen LogP) is -0.381. The van der Waals surface area contributed by atoms with Crippen molar-refractivity contribution in [1.82, 2.24) is 14.6 Å². The van der Waals surface area contributed by atoms with Gasteiger partial charge in [-0.3, -0.25) is 4.79 Å². The van der Waals surface area contributed by atoms with E-state index in [2.05, 4.69) is 10.3 Å². The molecule has 0 saturated carbocycles. The molecule has 2 rings (SSSR count). The third-order valence-electron chi connectivity index (χ3n) is 3.46. The first-order chi connectivity index (χ1) is 9.81. The van der Waals surface area contributed by atoms with Gasteiger partial charge >= 0.3 is 0 Å². The molecule has 1 aliphatic rings. The number of nitrogens with one attached hydrogen (secondary N) is 1. The zero-order valence-electron chi connectivity index (χ0n) is 12.2. The number of carbonyl (C=O) groups excluding carboxylic acids is 1. The maximum atomic E-state index is 12.1. The van der Waals surface area contributed by atoms with Crippen LogP contribution in [0.15, 0.2) is 10.8 Å². The second kappa shape index (κ2) is 6.12. The summed E-state index contributed by atoms with van der Waals surface area (Å²) in [4.78, 5) is 15.9. The summed E-state index contributed by atoms with van der Waals surface area (Å²) in [6.07, 6.45) is 1.20. The zero-order valence-corrected chi connectivity index (χ0v) is 13.0. The van der Waals surface area contributed by atoms with Gasteiger partial charge in [0.25, 0.3) is 5.91 Å². The molecule has 118 valence electrons. The smallest absolute Gasteiger partial charge is 0.273 e. The van der Waals surface area contributed by atoms with Gasteiger partial charge in [-0.05, 0) is 6.92 Å². The van der Waals surface area contributed by atoms with E-state index in [0.29, 0.717) is 12.4 Å². The Balaban J connectivity index is 2.03. The van der Waals surface area contributed by atoms with Crippen molar-refractivity contribution in [2.45, 2.75) is 13.0 Å². The lowest BCUT2D eigenvalue weighted by molar-refractivity contribution is 0.0920. The van der Waals surface area contributed by atoms with Crippen molar-refractivity contribution < 1.29 is 22.4 Å². The largest absolute Gasteiger partial charge is 0.448 e. The highest BCUT2D eigenvalue weighted by Crippen LogP contribution is 2.18. The van der Waals surface area contributed by atoms with Crippen LogP contribution < -0.4 is 5.32 Å². The summed E-state index contributed by atoms with van der Waals surface area (Å²) in [5.74, 6) is -0.315. The molecule has 1 aromatic heterocycles. The second-order valence-corrected chi connectivity index (χ2v) is 7.42. The van der Waals surface area contributed by atoms with Gasteiger partial charge < -0.3 is 14.5 Å². The van der Waals surface area contributed by atoms with E-state index in [1.165, 1.54) is 24.8 Å². The average Bonchev–Trinajstić information content (AvgIpc) is 2.98. The molecule has 1 aromatic rings. The molecule has 2 atom stereocenters. The van der Waals surface area contributed by atoms with E-state index < -0.39 is 10.0 Å². The number of rotatable bonds is 5. The first-order valence-corrected chi connectivity index (χ1v) is 8.11. The van der Waals surface area contributed by atoms with Gasteiger partial charge in [-0.1, -0.05) is 0 Å². The Morgan fingerprint density at radius 3 is 2.76 bits per heavy atom. The van der Waals surface area contributed by atoms with Crippen molar-refractivity contribution in [3.63, 3.8) is 0 Å². The third kappa shape index (κ3) is 3.60. The number of aromatic nitrogens is 1. The number of hydrogen-bond acceptors (Lipinski definition) is 6. The van der Waals surface area contributed by atoms with Crippen molar-refractivity contribution in [3.8, 4) is 0 Å². The van der Waals surface area contributed by atoms with E-state index in [4.69, 9.17) is 9.15 Å². The summed E-state index contributed by atoms with van der Waals surface area (Å²) in [7, 11) is -0.377. The predicted molar refractivity (Wildman–Crippen MR) is 74.3 cm³/mol. The van der Waals surface area contributed by atoms with Crippen molar-refractivity contribution in [2.75, 3.05) is 33.1 Å². The van der Waals surface area contributed by atoms with Gasteiger partial charge in [-0.2, -0.15) is 0 Å². The maximum Gasteiger partial charge on any atom is 0.273 e. The van der Waals surface area contributed by atoms with Gasteiger partial charge in [-0.15, -0.1) is 0 Å². The van der Waals surface area contributed by atoms with Crippen molar-refractivity contribution >= 4 is 15.9 Å². The zero-order chi connectivity index (χ0) is 15.6. The lowest BCUT2D eigenvalue weighted by Crippen LogP contribution is -2.43. The Labute approximate surface area is 123 Å². The van der Waals surface area contributed by atoms with Crippen LogP contribution in [0.1, 0.15) is 16.2 Å². The molecule has 1 amide bonds. The minimum Gasteiger partial charge on any atom is -0.448 e. The van der Waals surface area contributed by atoms with E-state index >= 15 is 0 Å². The third-order valence-corrected chi connectivity index (χ3v) is 5.42. The molecule has 1 aliphatic heterocycles. The maximum absolute atomic E-state index is 12.1. The van der Waals surface area contributed by atoms with Crippen LogP contribution in [-0.2, 0) is 14.8 Å². The normalized spacial score (nSPS) is 22.7. The SMILES string of the molecule is Cc1ocnc1C(=O)N[C@H]1COC[C@H]1CS(=O)(=O)N(C)C. The van der Waals surface area contributed by atoms with Crippen LogP contribution >= 0.6 is 0 Å². The van der Waals surface area contributed by atoms with Crippen molar-refractivity contribution in [1.29, 1.82) is 0 Å². The molecule has 0 unspecified atom stereocenters. The quantitative estimate of drug-likeness (QED) is 0.794. The Morgan fingerprint density at radius 2 is 2.19 bits per heavy atom. The number of amides is 1. The Kier molecular flexibility index (Phi) is 4.64. The summed E-state index contributed by atoms with van der Waals surface area (Å²) in [6.45, 7) is 2.23. The van der Waals surface area contributed by atoms with Gasteiger partial charge in [0.2, 0.25) is 10.0 Å². The highest BCUT2D eigenvalue weighted by atomic mass is 32.2. The van der Waals surface area contributed by atoms with Gasteiger partial charge in [0.15, 0.2) is 12.1 Å². The molecule has 1 saturated heterocycles. The topological polar surface area (TPSA) is 102 Å². The average molecular weight is 317 g/mol. The molecule has 1 fully saturated rings. The highest BCUT2D eigenvalue weighted by Gasteiger charge is 2.34. The first-order valence-electron chi connectivity index (χ1n) is 6.50. The van der Waals surface area contributed by atoms with Crippen LogP contribution in [0.5, 0.6) is 0 Å². The number of hydrogen-bond donors (Lipinski definition) is 1. The first kappa shape index (κ1) is 15.9. The number of aryl methyl sites for hydroxylation is 1. The Morgan fingerprint density at radius 1 is 1.48 bits per heavy atom. The van der Waals surface area contributed by atoms with Crippen LogP contribution in [0, 0.1) is 12.8 Å². The molecule has 0 aromatic carbocycles. The van der Waals surface area contributed by atoms with Crippen LogP contribution in [0.4, 0.5) is 0 Å². The Bertz CT molecular complexity index is 610. The fraction of sp³-hybridized carbons (Fsp3) is 0.667. The van der Waals surface area contributed by atoms with Crippen LogP contribution in [0.3, 0.4) is 0 Å². The summed E-state index contributed by atoms with van der Waals surface area (Å²) in [5, 5.41) is 2.76. The van der Waals surface area contributed by atoms with Crippen LogP contribution in [0.2, 0.25) is 0 Å². The fourth-order valence-corrected chi connectivity index (χ4v) is 3.27. The molecule has 8 nitrogen and oxygen atoms in total. The van der Waals surface area contributed by atoms with E-state index in [0.717, 1.165) is 0 Å². The lowest BCUT2D eigenvalue weighted by atomic mass is 10.1. The number of ether oxygens (including phenoxy) is 1. The second-order valence-electron chi connectivity index (χ2n) is 5.20. The van der Waals surface area contributed by atoms with E-state index in [1.807, 2.05) is 0 Å². The van der Waals surface area contributed by atoms with Gasteiger partial charge in [0, 0.05) is 20.0 Å². The van der Waals surface area contributed by atoms with Crippen LogP contribution in [0.25, 0.3) is 0 Å². The van der Waals surface area contributed by atoms with Gasteiger partial charge in [0.1, 0.15) is 5.76 Å². The lowest BCUT2D eigenvalue weighted by Gasteiger charge is -2.20. The number of nitrogens with zero attached hydrogens (tertiary/aromatic N) is 2. The van der Waals surface area contributed by atoms with E-state index in [-0.39, 0.29) is 35.9 Å². The molecule has 2 heterocycles. The number of oxazole rings is 1. The summed E-state index contributed by atoms with van der Waals surface area (Å²) in [6, 6.07) is -0.358. The van der Waals surface area contributed by atoms with Crippen LogP contribution in [-0.4, -0.2) is 62.7 Å². The minimum absolute atomic E-state index is 0.0667. The van der Waals surface area contributed by atoms with Crippen molar-refractivity contribution in [3.05, 3.63) is 17.8 Å². The number of carbonyl (C=O) groups is 1. The van der Waals surface area contributed by atoms with E-state index in [1.54, 1.807) is 6.92 Å². The standard InChI is InChI=1S/C12H19N3O5S/c1-8-11(13-7-20-8)12(16)14-10-5-19-4-9(10)6-21(17,18)15(2)3/h7,9-10H,4-6H2,1-3H3,(H,14,16)/t9-,10-/m0/s1. The molecule has 21 heavy (non-hydrogen) atoms. The summed E-state index contributed by atoms with van der Waals surface area (Å²) in [5.41, 5.74) is 0.205. The molecule has 0 spiro atoms. The summed E-state index contributed by atoms with van der Waals surface area (Å²) < 4.78 is 35.3. The van der Waals surface area contributed by atoms with E-state index in [9.17, 15) is 13.2 Å². The molecule has 1 N–H and O–H groups in total. The molecular weight excluding hydrogens is 298 g/mol. The van der Waals surface area contributed by atoms with Gasteiger partial charge in [0.05, 0.1) is 25.0 Å². The number of sulfonamides is 1. The molecule has 0 bridgehead atoms. The van der Waals surface area contributed by atoms with Gasteiger partial charge in [-0.25, -0.2) is 17.7 Å². The molecule has 0 radical (unpaired) electrons. The minimum atomic E-state index is -3.34. The Hall–Kier alpha value is -1.45. The fourth-order valence-electron chi connectivity index (χ4n) is 2.10. The van der Waals surface area contributed by atoms with Crippen molar-refractivity contribution in [2.24, 2.45) is 5.92 Å². The molecular formula is C12H19N3O5S. The molecule has 9 heteroatoms.